The van der Waals surface area contributed by atoms with Crippen LogP contribution >= 0.6 is 0 Å². The summed E-state index contributed by atoms with van der Waals surface area (Å²) < 4.78 is 20.9. The number of carbonyl (C=O) groups excluding carboxylic acids is 1. The average molecular weight is 585 g/mol. The van der Waals surface area contributed by atoms with Crippen LogP contribution in [-0.2, 0) is 13.1 Å². The molecule has 0 bridgehead atoms. The number of ether oxygens (including phenoxy) is 1. The van der Waals surface area contributed by atoms with Gasteiger partial charge in [0.15, 0.2) is 0 Å². The Morgan fingerprint density at radius 3 is 2.35 bits per heavy atom. The van der Waals surface area contributed by atoms with Crippen molar-refractivity contribution in [3.8, 4) is 28.0 Å². The summed E-state index contributed by atoms with van der Waals surface area (Å²) in [6.07, 6.45) is 3.77. The molecule has 1 amide bonds. The first-order valence-corrected chi connectivity index (χ1v) is 14.7. The van der Waals surface area contributed by atoms with Crippen LogP contribution in [0.3, 0.4) is 0 Å². The second-order valence-electron chi connectivity index (χ2n) is 10.5. The van der Waals surface area contributed by atoms with Gasteiger partial charge >= 0.3 is 0 Å². The number of nitrogens with one attached hydrogen (secondary N) is 3. The normalized spacial score (nSPS) is 11.0. The number of hydrogen-bond acceptors (Lipinski definition) is 6. The summed E-state index contributed by atoms with van der Waals surface area (Å²) in [5.41, 5.74) is 7.99. The third-order valence-electron chi connectivity index (χ3n) is 7.58. The predicted octanol–water partition coefficient (Wildman–Crippen LogP) is 6.40. The highest BCUT2D eigenvalue weighted by atomic mass is 19.1. The second-order valence-corrected chi connectivity index (χ2v) is 10.5. The molecule has 43 heavy (non-hydrogen) atoms. The Morgan fingerprint density at radius 1 is 0.930 bits per heavy atom. The molecule has 0 spiro atoms. The molecule has 7 nitrogen and oxygen atoms in total. The van der Waals surface area contributed by atoms with E-state index in [1.54, 1.807) is 25.4 Å². The van der Waals surface area contributed by atoms with Crippen molar-refractivity contribution in [1.82, 2.24) is 15.6 Å². The summed E-state index contributed by atoms with van der Waals surface area (Å²) in [6.45, 7) is 8.49. The zero-order valence-corrected chi connectivity index (χ0v) is 25.4. The minimum absolute atomic E-state index is 0.0632. The van der Waals surface area contributed by atoms with Gasteiger partial charge in [-0.25, -0.2) is 4.39 Å². The lowest BCUT2D eigenvalue weighted by atomic mass is 9.90. The fourth-order valence-electron chi connectivity index (χ4n) is 5.10. The Morgan fingerprint density at radius 2 is 1.65 bits per heavy atom. The zero-order valence-electron chi connectivity index (χ0n) is 25.4. The molecule has 8 heteroatoms. The van der Waals surface area contributed by atoms with Crippen LogP contribution in [0.5, 0.6) is 5.75 Å². The summed E-state index contributed by atoms with van der Waals surface area (Å²) in [6, 6.07) is 18.8. The van der Waals surface area contributed by atoms with E-state index in [4.69, 9.17) is 9.84 Å². The summed E-state index contributed by atoms with van der Waals surface area (Å²) in [5, 5.41) is 18.3. The van der Waals surface area contributed by atoms with Crippen molar-refractivity contribution < 1.29 is 19.0 Å². The minimum Gasteiger partial charge on any atom is -0.496 e. The number of halogens is 1. The molecule has 1 aromatic heterocycles. The van der Waals surface area contributed by atoms with Crippen LogP contribution < -0.4 is 20.7 Å². The maximum atomic E-state index is 15.3. The molecule has 0 aliphatic heterocycles. The Hall–Kier alpha value is -4.11. The van der Waals surface area contributed by atoms with E-state index < -0.39 is 0 Å². The van der Waals surface area contributed by atoms with E-state index >= 15 is 4.39 Å². The van der Waals surface area contributed by atoms with Crippen LogP contribution in [-0.4, -0.2) is 42.8 Å². The molecule has 0 aliphatic carbocycles. The number of amides is 1. The highest BCUT2D eigenvalue weighted by Gasteiger charge is 2.17. The van der Waals surface area contributed by atoms with Gasteiger partial charge in [-0.2, -0.15) is 0 Å². The zero-order chi connectivity index (χ0) is 30.8. The number of rotatable bonds is 14. The van der Waals surface area contributed by atoms with Crippen LogP contribution in [0.15, 0.2) is 66.9 Å². The van der Waals surface area contributed by atoms with E-state index in [0.29, 0.717) is 42.3 Å². The molecule has 0 aliphatic rings. The molecule has 0 saturated carbocycles. The number of aromatic nitrogens is 1. The maximum Gasteiger partial charge on any atom is 0.274 e. The van der Waals surface area contributed by atoms with Gasteiger partial charge < -0.3 is 25.8 Å². The molecule has 4 N–H and O–H groups in total. The van der Waals surface area contributed by atoms with Gasteiger partial charge in [0.05, 0.1) is 13.7 Å². The van der Waals surface area contributed by atoms with Gasteiger partial charge in [0, 0.05) is 37.1 Å². The van der Waals surface area contributed by atoms with Gasteiger partial charge in [-0.05, 0) is 90.0 Å². The second kappa shape index (κ2) is 15.4. The average Bonchev–Trinajstić information content (AvgIpc) is 3.01. The highest BCUT2D eigenvalue weighted by molar-refractivity contribution is 6.03. The van der Waals surface area contributed by atoms with Crippen LogP contribution in [0.4, 0.5) is 10.1 Å². The van der Waals surface area contributed by atoms with Gasteiger partial charge in [0.2, 0.25) is 0 Å². The highest BCUT2D eigenvalue weighted by Crippen LogP contribution is 2.37. The van der Waals surface area contributed by atoms with Crippen LogP contribution in [0, 0.1) is 19.7 Å². The number of nitrogens with zero attached hydrogens (tertiary/aromatic N) is 1. The van der Waals surface area contributed by atoms with E-state index in [1.165, 1.54) is 0 Å². The number of aliphatic hydroxyl groups is 1. The third-order valence-corrected chi connectivity index (χ3v) is 7.58. The van der Waals surface area contributed by atoms with Gasteiger partial charge in [-0.3, -0.25) is 9.78 Å². The van der Waals surface area contributed by atoms with Crippen molar-refractivity contribution in [3.63, 3.8) is 0 Å². The SMILES string of the molecule is CCCCNCc1c(F)cc(-c2cccc(-c3cccc(NC(=O)c4ccc(CNCCO)cn4)c3C)c2C)cc1OC. The molecule has 0 saturated heterocycles. The molecule has 0 atom stereocenters. The molecular formula is C35H41FN4O3. The quantitative estimate of drug-likeness (QED) is 0.128. The van der Waals surface area contributed by atoms with Gasteiger partial charge in [0.25, 0.3) is 5.91 Å². The lowest BCUT2D eigenvalue weighted by Gasteiger charge is -2.18. The topological polar surface area (TPSA) is 95.5 Å². The number of methoxy groups -OCH3 is 1. The Bertz CT molecular complexity index is 1540. The molecule has 226 valence electrons. The lowest BCUT2D eigenvalue weighted by molar-refractivity contribution is 0.102. The van der Waals surface area contributed by atoms with Gasteiger partial charge in [-0.1, -0.05) is 49.7 Å². The first-order chi connectivity index (χ1) is 20.9. The van der Waals surface area contributed by atoms with Crippen LogP contribution in [0.2, 0.25) is 0 Å². The Labute approximate surface area is 253 Å². The lowest BCUT2D eigenvalue weighted by Crippen LogP contribution is -2.18. The third kappa shape index (κ3) is 7.84. The number of carbonyl (C=O) groups is 1. The Balaban J connectivity index is 1.58. The van der Waals surface area contributed by atoms with E-state index in [1.807, 2.05) is 62.4 Å². The number of pyridine rings is 1. The molecule has 1 heterocycles. The molecule has 4 rings (SSSR count). The molecule has 3 aromatic carbocycles. The minimum atomic E-state index is -0.299. The van der Waals surface area contributed by atoms with Crippen molar-refractivity contribution in [2.45, 2.75) is 46.7 Å². The number of anilines is 1. The first kappa shape index (κ1) is 31.8. The molecule has 0 fully saturated rings. The predicted molar refractivity (Wildman–Crippen MR) is 171 cm³/mol. The standard InChI is InChI=1S/C35H41FN4O3/c1-5-6-15-37-22-30-31(36)18-26(19-34(30)43-4)27-9-7-10-28(23(27)2)29-11-8-12-32(24(29)3)40-35(42)33-14-13-25(21-39-33)20-38-16-17-41/h7-14,18-19,21,37-38,41H,5-6,15-17,20,22H2,1-4H3,(H,40,42). The molecular weight excluding hydrogens is 543 g/mol. The molecule has 0 unspecified atom stereocenters. The van der Waals surface area contributed by atoms with Crippen molar-refractivity contribution in [2.24, 2.45) is 0 Å². The van der Waals surface area contributed by atoms with Crippen LogP contribution in [0.1, 0.15) is 52.5 Å². The first-order valence-electron chi connectivity index (χ1n) is 14.7. The van der Waals surface area contributed by atoms with Gasteiger partial charge in [0.1, 0.15) is 17.3 Å². The summed E-state index contributed by atoms with van der Waals surface area (Å²) >= 11 is 0. The Kier molecular flexibility index (Phi) is 11.4. The van der Waals surface area contributed by atoms with Gasteiger partial charge in [-0.15, -0.1) is 0 Å². The van der Waals surface area contributed by atoms with E-state index in [0.717, 1.165) is 58.3 Å². The van der Waals surface area contributed by atoms with Crippen molar-refractivity contribution in [1.29, 1.82) is 0 Å². The smallest absolute Gasteiger partial charge is 0.274 e. The van der Waals surface area contributed by atoms with Crippen LogP contribution in [0.25, 0.3) is 22.3 Å². The number of unbranched alkanes of at least 4 members (excludes halogenated alkanes) is 1. The fraction of sp³-hybridized carbons (Fsp3) is 0.314. The van der Waals surface area contributed by atoms with E-state index in [-0.39, 0.29) is 18.3 Å². The summed E-state index contributed by atoms with van der Waals surface area (Å²) in [7, 11) is 1.57. The fourth-order valence-corrected chi connectivity index (χ4v) is 5.10. The molecule has 0 radical (unpaired) electrons. The summed E-state index contributed by atoms with van der Waals surface area (Å²) in [4.78, 5) is 17.4. The molecule has 4 aromatic rings. The summed E-state index contributed by atoms with van der Waals surface area (Å²) in [5.74, 6) is -0.0766. The van der Waals surface area contributed by atoms with Crippen molar-refractivity contribution in [3.05, 3.63) is 101 Å². The van der Waals surface area contributed by atoms with E-state index in [2.05, 4.69) is 27.9 Å². The van der Waals surface area contributed by atoms with Crippen molar-refractivity contribution in [2.75, 3.05) is 32.1 Å². The maximum absolute atomic E-state index is 15.3. The largest absolute Gasteiger partial charge is 0.496 e. The monoisotopic (exact) mass is 584 g/mol. The number of aliphatic hydroxyl groups excluding tert-OH is 1. The number of hydrogen-bond donors (Lipinski definition) is 4. The van der Waals surface area contributed by atoms with E-state index in [9.17, 15) is 4.79 Å². The number of benzene rings is 3. The van der Waals surface area contributed by atoms with Crippen molar-refractivity contribution >= 4 is 11.6 Å².